The Bertz CT molecular complexity index is 734. The number of benzene rings is 1. The number of carbonyl (C=O) groups excluding carboxylic acids is 1. The SMILES string of the molecule is Cc1cnccc1N1CCCN(C(=O)NCC[C@H](C)c2ccccc2)CC1. The van der Waals surface area contributed by atoms with Crippen LogP contribution in [0.3, 0.4) is 0 Å². The zero-order valence-electron chi connectivity index (χ0n) is 16.4. The summed E-state index contributed by atoms with van der Waals surface area (Å²) in [7, 11) is 0. The zero-order chi connectivity index (χ0) is 19.1. The Morgan fingerprint density at radius 2 is 1.96 bits per heavy atom. The van der Waals surface area contributed by atoms with Crippen molar-refractivity contribution >= 4 is 11.7 Å². The second-order valence-corrected chi connectivity index (χ2v) is 7.32. The van der Waals surface area contributed by atoms with E-state index in [2.05, 4.69) is 59.4 Å². The van der Waals surface area contributed by atoms with Crippen molar-refractivity contribution < 1.29 is 4.79 Å². The van der Waals surface area contributed by atoms with Gasteiger partial charge in [0, 0.05) is 50.8 Å². The molecule has 5 heteroatoms. The van der Waals surface area contributed by atoms with Gasteiger partial charge in [0.2, 0.25) is 0 Å². The van der Waals surface area contributed by atoms with Gasteiger partial charge >= 0.3 is 6.03 Å². The fourth-order valence-electron chi connectivity index (χ4n) is 3.64. The molecule has 1 atom stereocenters. The number of rotatable bonds is 5. The van der Waals surface area contributed by atoms with Crippen LogP contribution in [-0.4, -0.2) is 48.6 Å². The Kier molecular flexibility index (Phi) is 6.69. The van der Waals surface area contributed by atoms with Crippen LogP contribution in [0.1, 0.15) is 36.8 Å². The van der Waals surface area contributed by atoms with Gasteiger partial charge in [-0.2, -0.15) is 0 Å². The molecule has 144 valence electrons. The van der Waals surface area contributed by atoms with Crippen molar-refractivity contribution in [1.82, 2.24) is 15.2 Å². The molecule has 1 fully saturated rings. The smallest absolute Gasteiger partial charge is 0.317 e. The van der Waals surface area contributed by atoms with E-state index >= 15 is 0 Å². The summed E-state index contributed by atoms with van der Waals surface area (Å²) < 4.78 is 0. The van der Waals surface area contributed by atoms with Crippen molar-refractivity contribution in [2.75, 3.05) is 37.6 Å². The number of anilines is 1. The molecular weight excluding hydrogens is 336 g/mol. The fraction of sp³-hybridized carbons (Fsp3) is 0.455. The fourth-order valence-corrected chi connectivity index (χ4v) is 3.64. The lowest BCUT2D eigenvalue weighted by atomic mass is 9.98. The number of nitrogens with one attached hydrogen (secondary N) is 1. The van der Waals surface area contributed by atoms with Crippen LogP contribution in [0.15, 0.2) is 48.8 Å². The molecular formula is C22H30N4O. The summed E-state index contributed by atoms with van der Waals surface area (Å²) in [6, 6.07) is 12.6. The normalized spacial score (nSPS) is 15.9. The highest BCUT2D eigenvalue weighted by atomic mass is 16.2. The molecule has 2 amide bonds. The summed E-state index contributed by atoms with van der Waals surface area (Å²) in [5.74, 6) is 0.445. The van der Waals surface area contributed by atoms with E-state index in [-0.39, 0.29) is 6.03 Å². The van der Waals surface area contributed by atoms with Gasteiger partial charge < -0.3 is 15.1 Å². The van der Waals surface area contributed by atoms with Gasteiger partial charge in [0.05, 0.1) is 0 Å². The first-order valence-corrected chi connectivity index (χ1v) is 9.88. The summed E-state index contributed by atoms with van der Waals surface area (Å²) in [6.45, 7) is 8.40. The van der Waals surface area contributed by atoms with Gasteiger partial charge in [-0.05, 0) is 42.9 Å². The molecule has 2 heterocycles. The number of hydrogen-bond donors (Lipinski definition) is 1. The highest BCUT2D eigenvalue weighted by Gasteiger charge is 2.20. The monoisotopic (exact) mass is 366 g/mol. The lowest BCUT2D eigenvalue weighted by Crippen LogP contribution is -2.42. The minimum absolute atomic E-state index is 0.0589. The van der Waals surface area contributed by atoms with Gasteiger partial charge in [-0.1, -0.05) is 37.3 Å². The maximum atomic E-state index is 12.6. The Morgan fingerprint density at radius 1 is 1.15 bits per heavy atom. The molecule has 0 bridgehead atoms. The van der Waals surface area contributed by atoms with Gasteiger partial charge in [-0.15, -0.1) is 0 Å². The lowest BCUT2D eigenvalue weighted by molar-refractivity contribution is 0.201. The predicted molar refractivity (Wildman–Crippen MR) is 110 cm³/mol. The first kappa shape index (κ1) is 19.2. The maximum Gasteiger partial charge on any atom is 0.317 e. The Hall–Kier alpha value is -2.56. The zero-order valence-corrected chi connectivity index (χ0v) is 16.4. The molecule has 27 heavy (non-hydrogen) atoms. The number of nitrogens with zero attached hydrogens (tertiary/aromatic N) is 3. The summed E-state index contributed by atoms with van der Waals surface area (Å²) in [6.07, 6.45) is 5.67. The van der Waals surface area contributed by atoms with Gasteiger partial charge in [-0.3, -0.25) is 4.98 Å². The van der Waals surface area contributed by atoms with Crippen molar-refractivity contribution in [2.45, 2.75) is 32.6 Å². The van der Waals surface area contributed by atoms with Crippen LogP contribution in [0.5, 0.6) is 0 Å². The number of urea groups is 1. The second-order valence-electron chi connectivity index (χ2n) is 7.32. The van der Waals surface area contributed by atoms with E-state index in [9.17, 15) is 4.79 Å². The number of hydrogen-bond acceptors (Lipinski definition) is 3. The highest BCUT2D eigenvalue weighted by Crippen LogP contribution is 2.20. The Balaban J connectivity index is 1.46. The molecule has 0 aliphatic carbocycles. The van der Waals surface area contributed by atoms with Gasteiger partial charge in [-0.25, -0.2) is 4.79 Å². The number of aryl methyl sites for hydroxylation is 1. The van der Waals surface area contributed by atoms with Crippen molar-refractivity contribution in [3.05, 3.63) is 59.9 Å². The Labute approximate surface area is 162 Å². The molecule has 0 unspecified atom stereocenters. The third-order valence-electron chi connectivity index (χ3n) is 5.34. The summed E-state index contributed by atoms with van der Waals surface area (Å²) >= 11 is 0. The van der Waals surface area contributed by atoms with Crippen LogP contribution in [0.4, 0.5) is 10.5 Å². The van der Waals surface area contributed by atoms with E-state index in [1.54, 1.807) is 0 Å². The second kappa shape index (κ2) is 9.40. The molecule has 0 saturated carbocycles. The van der Waals surface area contributed by atoms with E-state index in [0.29, 0.717) is 12.5 Å². The van der Waals surface area contributed by atoms with Crippen molar-refractivity contribution in [3.8, 4) is 0 Å². The minimum atomic E-state index is 0.0589. The molecule has 0 spiro atoms. The van der Waals surface area contributed by atoms with E-state index in [0.717, 1.165) is 39.0 Å². The van der Waals surface area contributed by atoms with E-state index < -0.39 is 0 Å². The number of amides is 2. The molecule has 0 radical (unpaired) electrons. The minimum Gasteiger partial charge on any atom is -0.369 e. The number of pyridine rings is 1. The number of carbonyl (C=O) groups is 1. The molecule has 1 N–H and O–H groups in total. The van der Waals surface area contributed by atoms with Crippen LogP contribution < -0.4 is 10.2 Å². The molecule has 1 saturated heterocycles. The van der Waals surface area contributed by atoms with Crippen LogP contribution in [0.25, 0.3) is 0 Å². The van der Waals surface area contributed by atoms with E-state index in [1.807, 2.05) is 23.4 Å². The van der Waals surface area contributed by atoms with Crippen LogP contribution in [-0.2, 0) is 0 Å². The molecule has 1 aliphatic rings. The molecule has 1 aliphatic heterocycles. The topological polar surface area (TPSA) is 48.5 Å². The van der Waals surface area contributed by atoms with Gasteiger partial charge in [0.1, 0.15) is 0 Å². The standard InChI is InChI=1S/C22H30N4O/c1-18(20-7-4-3-5-8-20)9-12-24-22(27)26-14-6-13-25(15-16-26)21-10-11-23-17-19(21)2/h3-5,7-8,10-11,17-18H,6,9,12-16H2,1-2H3,(H,24,27)/t18-/m0/s1. The summed E-state index contributed by atoms with van der Waals surface area (Å²) in [5, 5.41) is 3.11. The average Bonchev–Trinajstić information content (AvgIpc) is 2.95. The first-order chi connectivity index (χ1) is 13.1. The van der Waals surface area contributed by atoms with E-state index in [1.165, 1.54) is 16.8 Å². The van der Waals surface area contributed by atoms with Crippen molar-refractivity contribution in [1.29, 1.82) is 0 Å². The lowest BCUT2D eigenvalue weighted by Gasteiger charge is -2.25. The molecule has 5 nitrogen and oxygen atoms in total. The average molecular weight is 367 g/mol. The largest absolute Gasteiger partial charge is 0.369 e. The van der Waals surface area contributed by atoms with E-state index in [4.69, 9.17) is 0 Å². The third kappa shape index (κ3) is 5.22. The molecule has 1 aromatic carbocycles. The Morgan fingerprint density at radius 3 is 2.74 bits per heavy atom. The van der Waals surface area contributed by atoms with Gasteiger partial charge in [0.15, 0.2) is 0 Å². The molecule has 1 aromatic heterocycles. The van der Waals surface area contributed by atoms with Crippen LogP contribution in [0, 0.1) is 6.92 Å². The maximum absolute atomic E-state index is 12.6. The van der Waals surface area contributed by atoms with Crippen LogP contribution >= 0.6 is 0 Å². The quantitative estimate of drug-likeness (QED) is 0.875. The number of aromatic nitrogens is 1. The van der Waals surface area contributed by atoms with Gasteiger partial charge in [0.25, 0.3) is 0 Å². The van der Waals surface area contributed by atoms with Crippen molar-refractivity contribution in [2.24, 2.45) is 0 Å². The molecule has 2 aromatic rings. The highest BCUT2D eigenvalue weighted by molar-refractivity contribution is 5.74. The predicted octanol–water partition coefficient (Wildman–Crippen LogP) is 3.81. The molecule has 3 rings (SSSR count). The van der Waals surface area contributed by atoms with Crippen molar-refractivity contribution in [3.63, 3.8) is 0 Å². The summed E-state index contributed by atoms with van der Waals surface area (Å²) in [5.41, 5.74) is 3.74. The third-order valence-corrected chi connectivity index (χ3v) is 5.34. The first-order valence-electron chi connectivity index (χ1n) is 9.88. The summed E-state index contributed by atoms with van der Waals surface area (Å²) in [4.78, 5) is 21.1. The van der Waals surface area contributed by atoms with Crippen LogP contribution in [0.2, 0.25) is 0 Å².